The normalized spacial score (nSPS) is 10.8. The molecule has 0 aromatic heterocycles. The van der Waals surface area contributed by atoms with E-state index >= 15 is 0 Å². The van der Waals surface area contributed by atoms with Crippen LogP contribution in [0.1, 0.15) is 31.8 Å². The van der Waals surface area contributed by atoms with Crippen molar-refractivity contribution in [3.63, 3.8) is 0 Å². The smallest absolute Gasteiger partial charge is 0.345 e. The van der Waals surface area contributed by atoms with E-state index in [0.717, 1.165) is 10.0 Å². The van der Waals surface area contributed by atoms with E-state index in [4.69, 9.17) is 32.7 Å². The number of amides is 1. The summed E-state index contributed by atoms with van der Waals surface area (Å²) in [5.41, 5.74) is 4.41. The van der Waals surface area contributed by atoms with Crippen molar-refractivity contribution in [2.75, 3.05) is 0 Å². The Hall–Kier alpha value is -3.65. The maximum absolute atomic E-state index is 12.8. The molecule has 9 heteroatoms. The van der Waals surface area contributed by atoms with Crippen molar-refractivity contribution in [3.05, 3.63) is 128 Å². The van der Waals surface area contributed by atoms with Crippen LogP contribution in [0.25, 0.3) is 0 Å². The van der Waals surface area contributed by atoms with Crippen molar-refractivity contribution in [2.24, 2.45) is 5.10 Å². The number of hydrogen-bond acceptors (Lipinski definition) is 5. The third kappa shape index (κ3) is 7.20. The molecule has 0 bridgehead atoms. The predicted octanol–water partition coefficient (Wildman–Crippen LogP) is 7.32. The topological polar surface area (TPSA) is 77.0 Å². The number of halogens is 3. The Kier molecular flexibility index (Phi) is 8.95. The highest BCUT2D eigenvalue weighted by Gasteiger charge is 2.15. The fourth-order valence-electron chi connectivity index (χ4n) is 3.24. The van der Waals surface area contributed by atoms with Gasteiger partial charge in [0.2, 0.25) is 0 Å². The van der Waals surface area contributed by atoms with Crippen LogP contribution >= 0.6 is 39.1 Å². The summed E-state index contributed by atoms with van der Waals surface area (Å²) in [5, 5.41) is 4.97. The zero-order valence-corrected chi connectivity index (χ0v) is 22.3. The molecule has 4 rings (SSSR count). The SMILES string of the molecule is O=C(Oc1ccc(Br)cc1/C=N\NC(=O)c1ccccc1OCc1ccc(Cl)cc1)c1ccccc1Cl. The number of ether oxygens (including phenoxy) is 2. The van der Waals surface area contributed by atoms with Crippen molar-refractivity contribution in [3.8, 4) is 11.5 Å². The van der Waals surface area contributed by atoms with Crippen LogP contribution in [-0.2, 0) is 6.61 Å². The second-order valence-electron chi connectivity index (χ2n) is 7.66. The van der Waals surface area contributed by atoms with Gasteiger partial charge in [0.1, 0.15) is 18.1 Å². The van der Waals surface area contributed by atoms with Gasteiger partial charge in [-0.2, -0.15) is 5.10 Å². The summed E-state index contributed by atoms with van der Waals surface area (Å²) < 4.78 is 12.1. The van der Waals surface area contributed by atoms with Gasteiger partial charge in [0.15, 0.2) is 0 Å². The minimum absolute atomic E-state index is 0.235. The Bertz CT molecular complexity index is 1460. The van der Waals surface area contributed by atoms with E-state index < -0.39 is 11.9 Å². The van der Waals surface area contributed by atoms with Crippen LogP contribution in [0.5, 0.6) is 11.5 Å². The van der Waals surface area contributed by atoms with Crippen LogP contribution in [-0.4, -0.2) is 18.1 Å². The van der Waals surface area contributed by atoms with Gasteiger partial charge < -0.3 is 9.47 Å². The Morgan fingerprint density at radius 1 is 0.865 bits per heavy atom. The molecule has 0 fully saturated rings. The van der Waals surface area contributed by atoms with Crippen LogP contribution in [0.3, 0.4) is 0 Å². The molecule has 0 aliphatic heterocycles. The zero-order valence-electron chi connectivity index (χ0n) is 19.2. The number of benzene rings is 4. The van der Waals surface area contributed by atoms with Crippen LogP contribution in [0.2, 0.25) is 10.0 Å². The maximum Gasteiger partial charge on any atom is 0.345 e. The fraction of sp³-hybridized carbons (Fsp3) is 0.0357. The molecular weight excluding hydrogens is 579 g/mol. The van der Waals surface area contributed by atoms with Crippen LogP contribution < -0.4 is 14.9 Å². The number of hydrazone groups is 1. The molecule has 186 valence electrons. The highest BCUT2D eigenvalue weighted by Crippen LogP contribution is 2.25. The Morgan fingerprint density at radius 3 is 2.32 bits per heavy atom. The first-order valence-electron chi connectivity index (χ1n) is 11.0. The highest BCUT2D eigenvalue weighted by atomic mass is 79.9. The molecule has 0 saturated carbocycles. The van der Waals surface area contributed by atoms with E-state index in [1.54, 1.807) is 78.9 Å². The lowest BCUT2D eigenvalue weighted by molar-refractivity contribution is 0.0734. The summed E-state index contributed by atoms with van der Waals surface area (Å²) in [6, 6.07) is 25.7. The molecule has 0 heterocycles. The standard InChI is InChI=1S/C28H19BrCl2N2O4/c29-20-11-14-25(37-28(35)22-5-1-3-7-24(22)31)19(15-20)16-32-33-27(34)23-6-2-4-8-26(23)36-17-18-9-12-21(30)13-10-18/h1-16H,17H2,(H,33,34)/b32-16-. The maximum atomic E-state index is 12.8. The highest BCUT2D eigenvalue weighted by molar-refractivity contribution is 9.10. The van der Waals surface area contributed by atoms with E-state index in [0.29, 0.717) is 21.9 Å². The first-order valence-corrected chi connectivity index (χ1v) is 12.5. The Balaban J connectivity index is 1.45. The Labute approximate surface area is 232 Å². The summed E-state index contributed by atoms with van der Waals surface area (Å²) >= 11 is 15.4. The lowest BCUT2D eigenvalue weighted by Crippen LogP contribution is -2.19. The van der Waals surface area contributed by atoms with Crippen molar-refractivity contribution >= 4 is 57.2 Å². The second kappa shape index (κ2) is 12.5. The number of nitrogens with zero attached hydrogens (tertiary/aromatic N) is 1. The second-order valence-corrected chi connectivity index (χ2v) is 9.42. The number of carbonyl (C=O) groups is 2. The lowest BCUT2D eigenvalue weighted by atomic mass is 10.2. The summed E-state index contributed by atoms with van der Waals surface area (Å²) in [5.74, 6) is -0.425. The van der Waals surface area contributed by atoms with Crippen molar-refractivity contribution in [2.45, 2.75) is 6.61 Å². The first-order chi connectivity index (χ1) is 17.9. The lowest BCUT2D eigenvalue weighted by Gasteiger charge is -2.11. The molecule has 0 aliphatic rings. The van der Waals surface area contributed by atoms with Crippen molar-refractivity contribution in [1.82, 2.24) is 5.43 Å². The summed E-state index contributed by atoms with van der Waals surface area (Å²) in [6.45, 7) is 0.267. The van der Waals surface area contributed by atoms with Crippen molar-refractivity contribution in [1.29, 1.82) is 0 Å². The zero-order chi connectivity index (χ0) is 26.2. The molecule has 1 N–H and O–H groups in total. The van der Waals surface area contributed by atoms with Crippen LogP contribution in [0.15, 0.2) is 101 Å². The average molecular weight is 598 g/mol. The third-order valence-electron chi connectivity index (χ3n) is 5.08. The monoisotopic (exact) mass is 596 g/mol. The first kappa shape index (κ1) is 26.4. The number of nitrogens with one attached hydrogen (secondary N) is 1. The minimum Gasteiger partial charge on any atom is -0.488 e. The van der Waals surface area contributed by atoms with Crippen molar-refractivity contribution < 1.29 is 19.1 Å². The minimum atomic E-state index is -0.613. The van der Waals surface area contributed by atoms with E-state index in [2.05, 4.69) is 26.5 Å². The van der Waals surface area contributed by atoms with E-state index in [-0.39, 0.29) is 22.9 Å². The quantitative estimate of drug-likeness (QED) is 0.0999. The Morgan fingerprint density at radius 2 is 1.57 bits per heavy atom. The van der Waals surface area contributed by atoms with Crippen LogP contribution in [0, 0.1) is 0 Å². The molecule has 1 amide bonds. The van der Waals surface area contributed by atoms with Gasteiger partial charge in [-0.05, 0) is 60.2 Å². The van der Waals surface area contributed by atoms with Crippen LogP contribution in [0.4, 0.5) is 0 Å². The molecule has 0 atom stereocenters. The average Bonchev–Trinajstić information content (AvgIpc) is 2.90. The molecule has 4 aromatic carbocycles. The van der Waals surface area contributed by atoms with Gasteiger partial charge in [-0.1, -0.05) is 75.5 Å². The molecule has 0 radical (unpaired) electrons. The van der Waals surface area contributed by atoms with E-state index in [1.807, 2.05) is 12.1 Å². The fourth-order valence-corrected chi connectivity index (χ4v) is 3.95. The van der Waals surface area contributed by atoms with Gasteiger partial charge in [0.05, 0.1) is 22.4 Å². The summed E-state index contributed by atoms with van der Waals surface area (Å²) in [7, 11) is 0. The molecule has 0 unspecified atom stereocenters. The van der Waals surface area contributed by atoms with Gasteiger partial charge in [0, 0.05) is 15.1 Å². The third-order valence-corrected chi connectivity index (χ3v) is 6.15. The number of hydrogen-bond donors (Lipinski definition) is 1. The molecule has 37 heavy (non-hydrogen) atoms. The molecule has 0 aliphatic carbocycles. The number of para-hydroxylation sites is 1. The number of rotatable bonds is 8. The van der Waals surface area contributed by atoms with E-state index in [9.17, 15) is 9.59 Å². The summed E-state index contributed by atoms with van der Waals surface area (Å²) in [4.78, 5) is 25.4. The molecule has 0 spiro atoms. The molecule has 0 saturated heterocycles. The predicted molar refractivity (Wildman–Crippen MR) is 148 cm³/mol. The van der Waals surface area contributed by atoms with E-state index in [1.165, 1.54) is 6.21 Å². The van der Waals surface area contributed by atoms with Gasteiger partial charge in [-0.15, -0.1) is 0 Å². The van der Waals surface area contributed by atoms with Gasteiger partial charge >= 0.3 is 5.97 Å². The van der Waals surface area contributed by atoms with Gasteiger partial charge in [-0.3, -0.25) is 4.79 Å². The number of esters is 1. The summed E-state index contributed by atoms with van der Waals surface area (Å²) in [6.07, 6.45) is 1.38. The molecule has 6 nitrogen and oxygen atoms in total. The largest absolute Gasteiger partial charge is 0.488 e. The van der Waals surface area contributed by atoms with Gasteiger partial charge in [0.25, 0.3) is 5.91 Å². The number of carbonyl (C=O) groups excluding carboxylic acids is 2. The molecular formula is C28H19BrCl2N2O4. The van der Waals surface area contributed by atoms with Gasteiger partial charge in [-0.25, -0.2) is 10.2 Å². The molecule has 4 aromatic rings.